The minimum atomic E-state index is -0.212. The predicted octanol–water partition coefficient (Wildman–Crippen LogP) is 3.14. The molecule has 1 atom stereocenters. The second kappa shape index (κ2) is 11.2. The minimum absolute atomic E-state index is 0.200. The van der Waals surface area contributed by atoms with E-state index in [1.165, 1.54) is 12.5 Å². The number of piperidine rings is 1. The normalized spacial score (nSPS) is 17.7. The highest BCUT2D eigenvalue weighted by Gasteiger charge is 2.22. The Hall–Kier alpha value is -1.76. The fourth-order valence-electron chi connectivity index (χ4n) is 3.36. The molecule has 150 valence electrons. The lowest BCUT2D eigenvalue weighted by Gasteiger charge is -2.33. The summed E-state index contributed by atoms with van der Waals surface area (Å²) in [5, 5.41) is 6.45. The molecule has 1 aromatic rings. The highest BCUT2D eigenvalue weighted by Crippen LogP contribution is 2.17. The van der Waals surface area contributed by atoms with E-state index in [0.717, 1.165) is 36.3 Å². The summed E-state index contributed by atoms with van der Waals surface area (Å²) >= 11 is 1.67. The molecule has 0 radical (unpaired) electrons. The number of likely N-dealkylation sites (tertiary alicyclic amines) is 1. The summed E-state index contributed by atoms with van der Waals surface area (Å²) in [5.41, 5.74) is 2.03. The van der Waals surface area contributed by atoms with Crippen LogP contribution in [0.3, 0.4) is 0 Å². The lowest BCUT2D eigenvalue weighted by molar-refractivity contribution is -0.134. The topological polar surface area (TPSA) is 56.7 Å². The van der Waals surface area contributed by atoms with Crippen LogP contribution in [0.2, 0.25) is 0 Å². The summed E-state index contributed by atoms with van der Waals surface area (Å²) < 4.78 is 13.5. The number of nitrogens with zero attached hydrogens (tertiary/aromatic N) is 2. The number of carbonyl (C=O) groups is 1. The first kappa shape index (κ1) is 21.5. The van der Waals surface area contributed by atoms with Crippen LogP contribution in [0.4, 0.5) is 4.39 Å². The fourth-order valence-corrected chi connectivity index (χ4v) is 3.94. The third kappa shape index (κ3) is 6.72. The van der Waals surface area contributed by atoms with E-state index < -0.39 is 0 Å². The summed E-state index contributed by atoms with van der Waals surface area (Å²) in [6, 6.07) is 5.22. The van der Waals surface area contributed by atoms with Gasteiger partial charge in [-0.1, -0.05) is 6.07 Å². The largest absolute Gasteiger partial charge is 0.356 e. The molecule has 1 aliphatic rings. The molecule has 1 unspecified atom stereocenters. The molecule has 1 heterocycles. The van der Waals surface area contributed by atoms with Gasteiger partial charge in [-0.15, -0.1) is 0 Å². The van der Waals surface area contributed by atoms with E-state index in [4.69, 9.17) is 0 Å². The van der Waals surface area contributed by atoms with Crippen LogP contribution in [0.1, 0.15) is 43.7 Å². The summed E-state index contributed by atoms with van der Waals surface area (Å²) in [7, 11) is 1.71. The summed E-state index contributed by atoms with van der Waals surface area (Å²) in [6.45, 7) is 4.10. The summed E-state index contributed by atoms with van der Waals surface area (Å²) in [5.74, 6) is 1.40. The maximum Gasteiger partial charge on any atom is 0.224 e. The molecule has 2 N–H and O–H groups in total. The van der Waals surface area contributed by atoms with Gasteiger partial charge in [0.2, 0.25) is 5.91 Å². The maximum atomic E-state index is 13.5. The first-order valence-corrected chi connectivity index (χ1v) is 10.9. The Balaban J connectivity index is 1.80. The lowest BCUT2D eigenvalue weighted by atomic mass is 10.0. The van der Waals surface area contributed by atoms with E-state index >= 15 is 0 Å². The molecule has 0 spiro atoms. The first-order chi connectivity index (χ1) is 13.0. The average Bonchev–Trinajstić information content (AvgIpc) is 2.66. The SMILES string of the molecule is CN=C(NCCC(=O)N1CCCCC1C)NCc1ccc(F)cc1CSC. The number of rotatable bonds is 7. The quantitative estimate of drug-likeness (QED) is 0.551. The van der Waals surface area contributed by atoms with Gasteiger partial charge >= 0.3 is 0 Å². The number of aliphatic imine (C=N–C) groups is 1. The molecule has 5 nitrogen and oxygen atoms in total. The third-order valence-electron chi connectivity index (χ3n) is 4.89. The molecular formula is C20H31FN4OS. The zero-order chi connectivity index (χ0) is 19.6. The Bertz CT molecular complexity index is 653. The number of hydrogen-bond donors (Lipinski definition) is 2. The molecule has 7 heteroatoms. The molecule has 0 aliphatic carbocycles. The standard InChI is InChI=1S/C20H31FN4OS/c1-15-6-4-5-11-25(15)19(26)9-10-23-20(22-2)24-13-16-7-8-18(21)12-17(16)14-27-3/h7-8,12,15H,4-6,9-11,13-14H2,1-3H3,(H2,22,23,24). The van der Waals surface area contributed by atoms with E-state index in [0.29, 0.717) is 31.5 Å². The molecule has 27 heavy (non-hydrogen) atoms. The molecule has 1 amide bonds. The second-order valence-corrected chi connectivity index (χ2v) is 7.75. The van der Waals surface area contributed by atoms with Crippen LogP contribution in [-0.4, -0.2) is 49.2 Å². The Morgan fingerprint density at radius 2 is 2.15 bits per heavy atom. The van der Waals surface area contributed by atoms with Gasteiger partial charge in [0.15, 0.2) is 5.96 Å². The third-order valence-corrected chi connectivity index (χ3v) is 5.49. The van der Waals surface area contributed by atoms with Gasteiger partial charge in [0, 0.05) is 44.9 Å². The van der Waals surface area contributed by atoms with E-state index in [-0.39, 0.29) is 11.7 Å². The molecule has 2 rings (SSSR count). The number of nitrogens with one attached hydrogen (secondary N) is 2. The van der Waals surface area contributed by atoms with Gasteiger partial charge in [0.05, 0.1) is 0 Å². The molecule has 0 bridgehead atoms. The number of amides is 1. The smallest absolute Gasteiger partial charge is 0.224 e. The predicted molar refractivity (Wildman–Crippen MR) is 111 cm³/mol. The van der Waals surface area contributed by atoms with Crippen molar-refractivity contribution in [1.82, 2.24) is 15.5 Å². The molecular weight excluding hydrogens is 363 g/mol. The van der Waals surface area contributed by atoms with E-state index in [1.807, 2.05) is 17.2 Å². The fraction of sp³-hybridized carbons (Fsp3) is 0.600. The van der Waals surface area contributed by atoms with Crippen LogP contribution in [-0.2, 0) is 17.1 Å². The van der Waals surface area contributed by atoms with Crippen molar-refractivity contribution in [3.05, 3.63) is 35.1 Å². The Morgan fingerprint density at radius 1 is 1.33 bits per heavy atom. The summed E-state index contributed by atoms with van der Waals surface area (Å²) in [4.78, 5) is 18.6. The molecule has 1 fully saturated rings. The second-order valence-electron chi connectivity index (χ2n) is 6.88. The Labute approximate surface area is 166 Å². The van der Waals surface area contributed by atoms with Crippen molar-refractivity contribution in [2.24, 2.45) is 4.99 Å². The minimum Gasteiger partial charge on any atom is -0.356 e. The van der Waals surface area contributed by atoms with Gasteiger partial charge in [0.1, 0.15) is 5.82 Å². The van der Waals surface area contributed by atoms with E-state index in [1.54, 1.807) is 24.9 Å². The number of guanidine groups is 1. The van der Waals surface area contributed by atoms with Crippen molar-refractivity contribution in [3.63, 3.8) is 0 Å². The Morgan fingerprint density at radius 3 is 2.85 bits per heavy atom. The van der Waals surface area contributed by atoms with Gasteiger partial charge in [-0.25, -0.2) is 4.39 Å². The number of hydrogen-bond acceptors (Lipinski definition) is 3. The van der Waals surface area contributed by atoms with E-state index in [9.17, 15) is 9.18 Å². The average molecular weight is 395 g/mol. The highest BCUT2D eigenvalue weighted by molar-refractivity contribution is 7.97. The molecule has 1 saturated heterocycles. The van der Waals surface area contributed by atoms with Crippen molar-refractivity contribution in [3.8, 4) is 0 Å². The van der Waals surface area contributed by atoms with Gasteiger partial charge in [-0.2, -0.15) is 11.8 Å². The summed E-state index contributed by atoms with van der Waals surface area (Å²) in [6.07, 6.45) is 5.87. The molecule has 0 saturated carbocycles. The van der Waals surface area contributed by atoms with Gasteiger partial charge in [-0.3, -0.25) is 9.79 Å². The van der Waals surface area contributed by atoms with Crippen LogP contribution < -0.4 is 10.6 Å². The monoisotopic (exact) mass is 394 g/mol. The van der Waals surface area contributed by atoms with Crippen molar-refractivity contribution in [2.75, 3.05) is 26.4 Å². The number of benzene rings is 1. The van der Waals surface area contributed by atoms with Crippen molar-refractivity contribution >= 4 is 23.6 Å². The molecule has 1 aliphatic heterocycles. The maximum absolute atomic E-state index is 13.5. The van der Waals surface area contributed by atoms with Gasteiger partial charge in [-0.05, 0) is 55.7 Å². The zero-order valence-corrected chi connectivity index (χ0v) is 17.4. The van der Waals surface area contributed by atoms with Crippen LogP contribution in [0.5, 0.6) is 0 Å². The van der Waals surface area contributed by atoms with Crippen molar-refractivity contribution in [2.45, 2.75) is 50.9 Å². The number of carbonyl (C=O) groups excluding carboxylic acids is 1. The first-order valence-electron chi connectivity index (χ1n) is 9.55. The van der Waals surface area contributed by atoms with E-state index in [2.05, 4.69) is 22.5 Å². The number of thioether (sulfide) groups is 1. The van der Waals surface area contributed by atoms with Crippen LogP contribution in [0.25, 0.3) is 0 Å². The Kier molecular flexibility index (Phi) is 8.91. The van der Waals surface area contributed by atoms with Gasteiger partial charge in [0.25, 0.3) is 0 Å². The zero-order valence-electron chi connectivity index (χ0n) is 16.6. The van der Waals surface area contributed by atoms with Crippen LogP contribution in [0.15, 0.2) is 23.2 Å². The molecule has 0 aromatic heterocycles. The van der Waals surface area contributed by atoms with Crippen molar-refractivity contribution < 1.29 is 9.18 Å². The lowest BCUT2D eigenvalue weighted by Crippen LogP contribution is -2.44. The van der Waals surface area contributed by atoms with Crippen LogP contribution in [0, 0.1) is 5.82 Å². The van der Waals surface area contributed by atoms with Crippen LogP contribution >= 0.6 is 11.8 Å². The molecule has 1 aromatic carbocycles. The highest BCUT2D eigenvalue weighted by atomic mass is 32.2. The van der Waals surface area contributed by atoms with Crippen molar-refractivity contribution in [1.29, 1.82) is 0 Å². The van der Waals surface area contributed by atoms with Gasteiger partial charge < -0.3 is 15.5 Å². The number of halogens is 1.